The zero-order valence-electron chi connectivity index (χ0n) is 24.5. The summed E-state index contributed by atoms with van der Waals surface area (Å²) in [7, 11) is 3.41. The van der Waals surface area contributed by atoms with Crippen LogP contribution in [-0.2, 0) is 13.1 Å². The molecule has 0 bridgehead atoms. The standard InChI is InChI=1S/C16H15N7O.C14H10N6O2/c1-23(2)16(24)12-4-11-14(21-12)19-8-20-15(11)22-13-3-9-5-17-6-10(9)7-18-13;21-14(22)10-2-9-12(19-10)17-6-18-13(9)20-11-1-7-3-15-4-8(7)5-16-11/h3-5,7-8H,6H2,1-2H3,(H2,18,19,20,21,22);1-3,5-6H,4H2,(H,21,22)(H2,16,17,18,19,20). The molecule has 16 nitrogen and oxygen atoms in total. The van der Waals surface area contributed by atoms with E-state index in [0.717, 1.165) is 27.6 Å². The minimum absolute atomic E-state index is 0.0626. The zero-order valence-corrected chi connectivity index (χ0v) is 24.5. The van der Waals surface area contributed by atoms with Crippen molar-refractivity contribution in [1.29, 1.82) is 0 Å². The molecule has 6 aromatic rings. The third kappa shape index (κ3) is 5.45. The number of carbonyl (C=O) groups excluding carboxylic acids is 1. The number of carbonyl (C=O) groups is 2. The van der Waals surface area contributed by atoms with Crippen LogP contribution >= 0.6 is 0 Å². The molecule has 46 heavy (non-hydrogen) atoms. The van der Waals surface area contributed by atoms with Gasteiger partial charge in [-0.3, -0.25) is 14.8 Å². The molecule has 0 aliphatic carbocycles. The molecule has 8 heterocycles. The summed E-state index contributed by atoms with van der Waals surface area (Å²) in [5, 5.41) is 16.7. The van der Waals surface area contributed by atoms with E-state index < -0.39 is 5.97 Å². The largest absolute Gasteiger partial charge is 0.477 e. The SMILES string of the molecule is CN(C)C(=O)c1cc2c(Nc3cc4c(cn3)CN=C4)ncnc2[nH]1.O=C(O)c1cc2c(Nc3cc4c(cn3)CN=C4)ncnc2[nH]1. The Labute approximate surface area is 259 Å². The number of rotatable bonds is 6. The maximum Gasteiger partial charge on any atom is 0.352 e. The second-order valence-corrected chi connectivity index (χ2v) is 10.6. The lowest BCUT2D eigenvalue weighted by Crippen LogP contribution is -2.21. The van der Waals surface area contributed by atoms with Crippen molar-refractivity contribution in [2.45, 2.75) is 13.1 Å². The van der Waals surface area contributed by atoms with Crippen LogP contribution < -0.4 is 10.6 Å². The average Bonchev–Trinajstić information content (AvgIpc) is 3.86. The molecular weight excluding hydrogens is 590 g/mol. The van der Waals surface area contributed by atoms with Crippen molar-refractivity contribution in [3.63, 3.8) is 0 Å². The first-order valence-corrected chi connectivity index (χ1v) is 14.0. The van der Waals surface area contributed by atoms with Gasteiger partial charge in [0.05, 0.1) is 23.9 Å². The molecule has 8 rings (SSSR count). The predicted octanol–water partition coefficient (Wildman–Crippen LogP) is 3.46. The van der Waals surface area contributed by atoms with Crippen LogP contribution in [0.3, 0.4) is 0 Å². The Hall–Kier alpha value is -6.58. The third-order valence-corrected chi connectivity index (χ3v) is 7.24. The van der Waals surface area contributed by atoms with Crippen LogP contribution in [0.2, 0.25) is 0 Å². The van der Waals surface area contributed by atoms with Gasteiger partial charge >= 0.3 is 5.97 Å². The van der Waals surface area contributed by atoms with E-state index in [1.807, 2.05) is 18.3 Å². The second-order valence-electron chi connectivity index (χ2n) is 10.6. The first-order chi connectivity index (χ1) is 22.3. The molecule has 1 amide bonds. The van der Waals surface area contributed by atoms with E-state index in [1.165, 1.54) is 23.6 Å². The monoisotopic (exact) mass is 615 g/mol. The smallest absolute Gasteiger partial charge is 0.352 e. The van der Waals surface area contributed by atoms with Crippen molar-refractivity contribution in [3.8, 4) is 0 Å². The number of anilines is 4. The van der Waals surface area contributed by atoms with Crippen molar-refractivity contribution in [3.05, 3.63) is 83.0 Å². The third-order valence-electron chi connectivity index (χ3n) is 7.24. The molecule has 2 aliphatic heterocycles. The molecular formula is C30H25N13O3. The minimum Gasteiger partial charge on any atom is -0.477 e. The molecule has 0 fully saturated rings. The Balaban J connectivity index is 0.000000147. The number of aromatic amines is 2. The number of carboxylic acid groups (broad SMARTS) is 1. The minimum atomic E-state index is -1.05. The number of hydrogen-bond acceptors (Lipinski definition) is 12. The number of fused-ring (bicyclic) bond motifs is 4. The molecule has 0 aromatic carbocycles. The second kappa shape index (κ2) is 11.5. The summed E-state index contributed by atoms with van der Waals surface area (Å²) in [5.41, 5.74) is 5.83. The van der Waals surface area contributed by atoms with Crippen LogP contribution in [-0.4, -0.2) is 88.3 Å². The Morgan fingerprint density at radius 3 is 1.72 bits per heavy atom. The lowest BCUT2D eigenvalue weighted by molar-refractivity contribution is 0.0691. The number of aromatic nitrogens is 8. The Kier molecular flexibility index (Phi) is 7.05. The normalized spacial score (nSPS) is 12.5. The highest BCUT2D eigenvalue weighted by Gasteiger charge is 2.16. The van der Waals surface area contributed by atoms with Gasteiger partial charge < -0.3 is 30.6 Å². The number of carboxylic acids is 1. The zero-order chi connectivity index (χ0) is 31.8. The first-order valence-electron chi connectivity index (χ1n) is 14.0. The van der Waals surface area contributed by atoms with Crippen molar-refractivity contribution >= 4 is 69.6 Å². The maximum absolute atomic E-state index is 12.1. The van der Waals surface area contributed by atoms with Gasteiger partial charge in [0.1, 0.15) is 58.6 Å². The van der Waals surface area contributed by atoms with E-state index in [1.54, 1.807) is 38.8 Å². The quantitative estimate of drug-likeness (QED) is 0.183. The van der Waals surface area contributed by atoms with Gasteiger partial charge in [0.25, 0.3) is 5.91 Å². The Bertz CT molecular complexity index is 2220. The molecule has 0 unspecified atom stereocenters. The molecule has 6 aromatic heterocycles. The lowest BCUT2D eigenvalue weighted by Gasteiger charge is -2.07. The van der Waals surface area contributed by atoms with Gasteiger partial charge in [-0.25, -0.2) is 34.7 Å². The highest BCUT2D eigenvalue weighted by Crippen LogP contribution is 2.26. The number of hydrogen-bond donors (Lipinski definition) is 5. The fraction of sp³-hybridized carbons (Fsp3) is 0.133. The maximum atomic E-state index is 12.1. The summed E-state index contributed by atoms with van der Waals surface area (Å²) in [6.07, 6.45) is 10.0. The number of aromatic carboxylic acids is 1. The molecule has 0 spiro atoms. The fourth-order valence-electron chi connectivity index (χ4n) is 4.92. The lowest BCUT2D eigenvalue weighted by atomic mass is 10.2. The number of amides is 1. The van der Waals surface area contributed by atoms with Gasteiger partial charge in [0.2, 0.25) is 0 Å². The molecule has 228 valence electrons. The van der Waals surface area contributed by atoms with Crippen LogP contribution in [0.5, 0.6) is 0 Å². The van der Waals surface area contributed by atoms with Crippen LogP contribution in [0.1, 0.15) is 43.2 Å². The summed E-state index contributed by atoms with van der Waals surface area (Å²) in [6, 6.07) is 7.05. The summed E-state index contributed by atoms with van der Waals surface area (Å²) >= 11 is 0. The van der Waals surface area contributed by atoms with E-state index in [-0.39, 0.29) is 11.6 Å². The molecule has 2 aliphatic rings. The van der Waals surface area contributed by atoms with Crippen molar-refractivity contribution < 1.29 is 14.7 Å². The van der Waals surface area contributed by atoms with Crippen molar-refractivity contribution in [2.24, 2.45) is 9.98 Å². The number of pyridine rings is 2. The summed E-state index contributed by atoms with van der Waals surface area (Å²) < 4.78 is 0. The van der Waals surface area contributed by atoms with Gasteiger partial charge in [0, 0.05) is 61.2 Å². The topological polar surface area (TPSA) is 215 Å². The van der Waals surface area contributed by atoms with Gasteiger partial charge in [-0.2, -0.15) is 0 Å². The molecule has 0 radical (unpaired) electrons. The predicted molar refractivity (Wildman–Crippen MR) is 170 cm³/mol. The van der Waals surface area contributed by atoms with Gasteiger partial charge in [0.15, 0.2) is 0 Å². The fourth-order valence-corrected chi connectivity index (χ4v) is 4.92. The van der Waals surface area contributed by atoms with Gasteiger partial charge in [-0.15, -0.1) is 0 Å². The summed E-state index contributed by atoms with van der Waals surface area (Å²) in [4.78, 5) is 64.2. The summed E-state index contributed by atoms with van der Waals surface area (Å²) in [6.45, 7) is 1.33. The molecule has 0 saturated heterocycles. The molecule has 0 atom stereocenters. The number of nitrogens with one attached hydrogen (secondary N) is 4. The number of aliphatic imine (C=N–C) groups is 2. The van der Waals surface area contributed by atoms with E-state index >= 15 is 0 Å². The van der Waals surface area contributed by atoms with E-state index in [0.29, 0.717) is 58.7 Å². The Morgan fingerprint density at radius 2 is 1.22 bits per heavy atom. The van der Waals surface area contributed by atoms with Crippen molar-refractivity contribution in [2.75, 3.05) is 24.7 Å². The number of H-pyrrole nitrogens is 2. The molecule has 16 heteroatoms. The van der Waals surface area contributed by atoms with Crippen LogP contribution in [0.15, 0.2) is 59.3 Å². The van der Waals surface area contributed by atoms with Crippen LogP contribution in [0.25, 0.3) is 22.1 Å². The number of nitrogens with zero attached hydrogens (tertiary/aromatic N) is 9. The highest BCUT2D eigenvalue weighted by atomic mass is 16.4. The van der Waals surface area contributed by atoms with Gasteiger partial charge in [-0.05, 0) is 24.3 Å². The first kappa shape index (κ1) is 28.2. The average molecular weight is 616 g/mol. The van der Waals surface area contributed by atoms with Crippen LogP contribution in [0.4, 0.5) is 23.3 Å². The summed E-state index contributed by atoms with van der Waals surface area (Å²) in [5.74, 6) is 1.21. The van der Waals surface area contributed by atoms with Crippen LogP contribution in [0, 0.1) is 0 Å². The van der Waals surface area contributed by atoms with Gasteiger partial charge in [-0.1, -0.05) is 0 Å². The molecule has 5 N–H and O–H groups in total. The Morgan fingerprint density at radius 1 is 0.717 bits per heavy atom. The van der Waals surface area contributed by atoms with E-state index in [4.69, 9.17) is 5.11 Å². The molecule has 0 saturated carbocycles. The van der Waals surface area contributed by atoms with E-state index in [9.17, 15) is 9.59 Å². The van der Waals surface area contributed by atoms with E-state index in [2.05, 4.69) is 60.5 Å². The highest BCUT2D eigenvalue weighted by molar-refractivity contribution is 6.00. The van der Waals surface area contributed by atoms with Crippen molar-refractivity contribution in [1.82, 2.24) is 44.8 Å².